The average Bonchev–Trinajstić information content (AvgIpc) is 2.79. The third-order valence-electron chi connectivity index (χ3n) is 4.63. The van der Waals surface area contributed by atoms with Crippen LogP contribution in [-0.2, 0) is 11.3 Å². The molecule has 20 heavy (non-hydrogen) atoms. The number of benzene rings is 1. The lowest BCUT2D eigenvalue weighted by Gasteiger charge is -2.37. The Morgan fingerprint density at radius 2 is 1.85 bits per heavy atom. The fourth-order valence-corrected chi connectivity index (χ4v) is 3.70. The Morgan fingerprint density at radius 1 is 1.15 bits per heavy atom. The molecule has 0 aliphatic carbocycles. The molecule has 2 aliphatic rings. The topological polar surface area (TPSA) is 41.5 Å². The van der Waals surface area contributed by atoms with E-state index in [1.807, 2.05) is 18.2 Å². The number of fused-ring (bicyclic) bond motifs is 2. The first kappa shape index (κ1) is 14.1. The van der Waals surface area contributed by atoms with Gasteiger partial charge in [-0.15, -0.1) is 0 Å². The van der Waals surface area contributed by atoms with Gasteiger partial charge in [0, 0.05) is 18.7 Å². The summed E-state index contributed by atoms with van der Waals surface area (Å²) < 4.78 is 5.70. The SMILES string of the molecule is OC1(CCCOCc2ccccc2)CC2CCC(C1)N2. The molecule has 2 saturated heterocycles. The van der Waals surface area contributed by atoms with Crippen LogP contribution in [0.5, 0.6) is 0 Å². The van der Waals surface area contributed by atoms with Gasteiger partial charge in [-0.3, -0.25) is 0 Å². The molecule has 0 amide bonds. The van der Waals surface area contributed by atoms with Crippen LogP contribution < -0.4 is 5.32 Å². The normalized spacial score (nSPS) is 32.5. The summed E-state index contributed by atoms with van der Waals surface area (Å²) in [6.07, 6.45) is 6.12. The van der Waals surface area contributed by atoms with Crippen molar-refractivity contribution >= 4 is 0 Å². The number of ether oxygens (including phenoxy) is 1. The third kappa shape index (κ3) is 3.60. The highest BCUT2D eigenvalue weighted by Crippen LogP contribution is 2.36. The highest BCUT2D eigenvalue weighted by Gasteiger charge is 2.41. The second-order valence-corrected chi connectivity index (χ2v) is 6.41. The molecule has 2 unspecified atom stereocenters. The predicted molar refractivity (Wildman–Crippen MR) is 79.5 cm³/mol. The average molecular weight is 275 g/mol. The minimum Gasteiger partial charge on any atom is -0.390 e. The second kappa shape index (κ2) is 6.25. The third-order valence-corrected chi connectivity index (χ3v) is 4.63. The van der Waals surface area contributed by atoms with Gasteiger partial charge in [-0.05, 0) is 44.1 Å². The van der Waals surface area contributed by atoms with Crippen LogP contribution in [0, 0.1) is 0 Å². The number of aliphatic hydroxyl groups is 1. The molecule has 2 N–H and O–H groups in total. The monoisotopic (exact) mass is 275 g/mol. The maximum atomic E-state index is 10.7. The molecule has 0 saturated carbocycles. The fourth-order valence-electron chi connectivity index (χ4n) is 3.70. The lowest BCUT2D eigenvalue weighted by atomic mass is 9.84. The van der Waals surface area contributed by atoms with Gasteiger partial charge in [0.25, 0.3) is 0 Å². The molecular weight excluding hydrogens is 250 g/mol. The van der Waals surface area contributed by atoms with Crippen LogP contribution >= 0.6 is 0 Å². The van der Waals surface area contributed by atoms with Gasteiger partial charge in [-0.2, -0.15) is 0 Å². The van der Waals surface area contributed by atoms with Crippen molar-refractivity contribution in [3.8, 4) is 0 Å². The first-order valence-electron chi connectivity index (χ1n) is 7.84. The Balaban J connectivity index is 1.35. The molecular formula is C17H25NO2. The molecule has 1 aromatic carbocycles. The van der Waals surface area contributed by atoms with Crippen molar-refractivity contribution in [2.24, 2.45) is 0 Å². The van der Waals surface area contributed by atoms with Gasteiger partial charge in [-0.1, -0.05) is 30.3 Å². The van der Waals surface area contributed by atoms with Crippen molar-refractivity contribution < 1.29 is 9.84 Å². The molecule has 3 nitrogen and oxygen atoms in total. The molecule has 1 aromatic rings. The highest BCUT2D eigenvalue weighted by molar-refractivity contribution is 5.13. The Labute approximate surface area is 121 Å². The number of hydrogen-bond acceptors (Lipinski definition) is 3. The first-order valence-corrected chi connectivity index (χ1v) is 7.84. The summed E-state index contributed by atoms with van der Waals surface area (Å²) in [6, 6.07) is 11.3. The Morgan fingerprint density at radius 3 is 2.55 bits per heavy atom. The first-order chi connectivity index (χ1) is 9.73. The summed E-state index contributed by atoms with van der Waals surface area (Å²) in [5.41, 5.74) is 0.763. The second-order valence-electron chi connectivity index (χ2n) is 6.41. The predicted octanol–water partition coefficient (Wildman–Crippen LogP) is 2.63. The number of piperidine rings is 1. The summed E-state index contributed by atoms with van der Waals surface area (Å²) in [7, 11) is 0. The van der Waals surface area contributed by atoms with Crippen LogP contribution in [0.25, 0.3) is 0 Å². The van der Waals surface area contributed by atoms with Crippen LogP contribution in [0.15, 0.2) is 30.3 Å². The summed E-state index contributed by atoms with van der Waals surface area (Å²) in [5, 5.41) is 14.3. The minimum atomic E-state index is -0.451. The zero-order valence-electron chi connectivity index (χ0n) is 12.1. The van der Waals surface area contributed by atoms with Crippen molar-refractivity contribution in [1.29, 1.82) is 0 Å². The van der Waals surface area contributed by atoms with E-state index in [4.69, 9.17) is 4.74 Å². The van der Waals surface area contributed by atoms with Gasteiger partial charge in [0.1, 0.15) is 0 Å². The van der Waals surface area contributed by atoms with Crippen molar-refractivity contribution in [2.75, 3.05) is 6.61 Å². The van der Waals surface area contributed by atoms with Gasteiger partial charge in [0.2, 0.25) is 0 Å². The van der Waals surface area contributed by atoms with Gasteiger partial charge < -0.3 is 15.2 Å². The van der Waals surface area contributed by atoms with E-state index in [0.29, 0.717) is 18.7 Å². The molecule has 110 valence electrons. The Bertz CT molecular complexity index is 408. The Hall–Kier alpha value is -0.900. The zero-order valence-corrected chi connectivity index (χ0v) is 12.1. The molecule has 0 radical (unpaired) electrons. The van der Waals surface area contributed by atoms with E-state index in [0.717, 1.165) is 32.3 Å². The molecule has 0 aromatic heterocycles. The van der Waals surface area contributed by atoms with Crippen LogP contribution in [0.1, 0.15) is 44.1 Å². The maximum Gasteiger partial charge on any atom is 0.0716 e. The molecule has 3 heteroatoms. The fraction of sp³-hybridized carbons (Fsp3) is 0.647. The smallest absolute Gasteiger partial charge is 0.0716 e. The number of rotatable bonds is 6. The summed E-state index contributed by atoms with van der Waals surface area (Å²) in [5.74, 6) is 0. The summed E-state index contributed by atoms with van der Waals surface area (Å²) in [4.78, 5) is 0. The summed E-state index contributed by atoms with van der Waals surface area (Å²) in [6.45, 7) is 1.41. The van der Waals surface area contributed by atoms with E-state index >= 15 is 0 Å². The molecule has 2 heterocycles. The molecule has 2 fully saturated rings. The minimum absolute atomic E-state index is 0.451. The van der Waals surface area contributed by atoms with Gasteiger partial charge in [-0.25, -0.2) is 0 Å². The van der Waals surface area contributed by atoms with Crippen molar-refractivity contribution in [2.45, 2.75) is 62.8 Å². The molecule has 2 aliphatic heterocycles. The maximum absolute atomic E-state index is 10.7. The van der Waals surface area contributed by atoms with Crippen LogP contribution in [0.3, 0.4) is 0 Å². The van der Waals surface area contributed by atoms with Crippen LogP contribution in [-0.4, -0.2) is 29.4 Å². The standard InChI is InChI=1S/C17H25NO2/c19-17(11-15-7-8-16(12-17)18-15)9-4-10-20-13-14-5-2-1-3-6-14/h1-3,5-6,15-16,18-19H,4,7-13H2. The molecule has 0 spiro atoms. The quantitative estimate of drug-likeness (QED) is 0.784. The van der Waals surface area contributed by atoms with E-state index in [2.05, 4.69) is 17.4 Å². The highest BCUT2D eigenvalue weighted by atomic mass is 16.5. The van der Waals surface area contributed by atoms with E-state index in [1.54, 1.807) is 0 Å². The van der Waals surface area contributed by atoms with Crippen LogP contribution in [0.2, 0.25) is 0 Å². The number of nitrogens with one attached hydrogen (secondary N) is 1. The van der Waals surface area contributed by atoms with E-state index in [-0.39, 0.29) is 0 Å². The zero-order chi connectivity index (χ0) is 13.8. The van der Waals surface area contributed by atoms with Gasteiger partial charge >= 0.3 is 0 Å². The van der Waals surface area contributed by atoms with Crippen LogP contribution in [0.4, 0.5) is 0 Å². The largest absolute Gasteiger partial charge is 0.390 e. The number of hydrogen-bond donors (Lipinski definition) is 2. The van der Waals surface area contributed by atoms with Crippen molar-refractivity contribution in [3.63, 3.8) is 0 Å². The lowest BCUT2D eigenvalue weighted by Crippen LogP contribution is -2.48. The molecule has 3 rings (SSSR count). The van der Waals surface area contributed by atoms with E-state index in [9.17, 15) is 5.11 Å². The van der Waals surface area contributed by atoms with Crippen molar-refractivity contribution in [3.05, 3.63) is 35.9 Å². The Kier molecular flexibility index (Phi) is 4.39. The summed E-state index contributed by atoms with van der Waals surface area (Å²) >= 11 is 0. The lowest BCUT2D eigenvalue weighted by molar-refractivity contribution is -0.0222. The molecule has 2 atom stereocenters. The van der Waals surface area contributed by atoms with Gasteiger partial charge in [0.05, 0.1) is 12.2 Å². The van der Waals surface area contributed by atoms with Gasteiger partial charge in [0.15, 0.2) is 0 Å². The van der Waals surface area contributed by atoms with E-state index < -0.39 is 5.60 Å². The van der Waals surface area contributed by atoms with Crippen molar-refractivity contribution in [1.82, 2.24) is 5.32 Å². The van der Waals surface area contributed by atoms with E-state index in [1.165, 1.54) is 18.4 Å². The molecule has 2 bridgehead atoms.